The van der Waals surface area contributed by atoms with Crippen LogP contribution in [-0.2, 0) is 19.0 Å². The number of esters is 1. The van der Waals surface area contributed by atoms with Crippen LogP contribution in [0.4, 0.5) is 0 Å². The van der Waals surface area contributed by atoms with E-state index >= 15 is 0 Å². The van der Waals surface area contributed by atoms with Gasteiger partial charge in [-0.2, -0.15) is 0 Å². The Balaban J connectivity index is 0.000000315. The van der Waals surface area contributed by atoms with Gasteiger partial charge in [-0.3, -0.25) is 4.79 Å². The molecule has 0 bridgehead atoms. The summed E-state index contributed by atoms with van der Waals surface area (Å²) in [7, 11) is 0. The highest BCUT2D eigenvalue weighted by Gasteiger charge is 2.08. The number of hydrogen-bond donors (Lipinski definition) is 2. The quantitative estimate of drug-likeness (QED) is 0.450. The first-order valence-electron chi connectivity index (χ1n) is 5.34. The number of carbonyl (C=O) groups excluding carboxylic acids is 1. The van der Waals surface area contributed by atoms with Crippen molar-refractivity contribution in [3.63, 3.8) is 0 Å². The second-order valence-corrected chi connectivity index (χ2v) is 3.00. The normalized spacial score (nSPS) is 14.2. The van der Waals surface area contributed by atoms with Crippen molar-refractivity contribution in [2.45, 2.75) is 12.8 Å². The zero-order valence-electron chi connectivity index (χ0n) is 9.39. The van der Waals surface area contributed by atoms with E-state index < -0.39 is 0 Å². The molecule has 0 aliphatic carbocycles. The summed E-state index contributed by atoms with van der Waals surface area (Å²) in [5.74, 6) is -0.0463. The van der Waals surface area contributed by atoms with Crippen LogP contribution >= 0.6 is 0 Å². The molecule has 1 rings (SSSR count). The van der Waals surface area contributed by atoms with Crippen LogP contribution in [-0.4, -0.2) is 62.4 Å². The SMILES string of the molecule is O=C1CCCO1.OCCOCCOCCO. The summed E-state index contributed by atoms with van der Waals surface area (Å²) in [6.45, 7) is 2.37. The summed E-state index contributed by atoms with van der Waals surface area (Å²) in [4.78, 5) is 10.0. The second kappa shape index (κ2) is 12.4. The first kappa shape index (κ1) is 15.3. The van der Waals surface area contributed by atoms with Crippen LogP contribution in [0.1, 0.15) is 12.8 Å². The Labute approximate surface area is 95.1 Å². The van der Waals surface area contributed by atoms with E-state index in [0.29, 0.717) is 39.5 Å². The molecule has 0 saturated carbocycles. The van der Waals surface area contributed by atoms with E-state index in [1.807, 2.05) is 0 Å². The monoisotopic (exact) mass is 236 g/mol. The first-order chi connectivity index (χ1) is 7.81. The van der Waals surface area contributed by atoms with Gasteiger partial charge in [-0.25, -0.2) is 0 Å². The van der Waals surface area contributed by atoms with Gasteiger partial charge >= 0.3 is 5.97 Å². The average Bonchev–Trinajstić information content (AvgIpc) is 2.75. The van der Waals surface area contributed by atoms with E-state index in [0.717, 1.165) is 6.42 Å². The minimum atomic E-state index is -0.0463. The van der Waals surface area contributed by atoms with Crippen LogP contribution < -0.4 is 0 Å². The van der Waals surface area contributed by atoms with Crippen LogP contribution in [0.5, 0.6) is 0 Å². The number of rotatable bonds is 7. The maximum atomic E-state index is 10.0. The molecule has 0 radical (unpaired) electrons. The van der Waals surface area contributed by atoms with Crippen LogP contribution in [0.25, 0.3) is 0 Å². The molecule has 0 aromatic rings. The van der Waals surface area contributed by atoms with E-state index in [1.165, 1.54) is 0 Å². The molecule has 0 unspecified atom stereocenters. The van der Waals surface area contributed by atoms with E-state index in [-0.39, 0.29) is 19.2 Å². The van der Waals surface area contributed by atoms with Crippen LogP contribution in [0.3, 0.4) is 0 Å². The van der Waals surface area contributed by atoms with Gasteiger partial charge < -0.3 is 24.4 Å². The topological polar surface area (TPSA) is 85.2 Å². The molecular weight excluding hydrogens is 216 g/mol. The van der Waals surface area contributed by atoms with Gasteiger partial charge in [0.15, 0.2) is 0 Å². The molecule has 0 spiro atoms. The van der Waals surface area contributed by atoms with Crippen molar-refractivity contribution >= 4 is 5.97 Å². The van der Waals surface area contributed by atoms with Gasteiger partial charge in [0.25, 0.3) is 0 Å². The van der Waals surface area contributed by atoms with Crippen molar-refractivity contribution in [2.75, 3.05) is 46.2 Å². The van der Waals surface area contributed by atoms with Crippen molar-refractivity contribution in [3.8, 4) is 0 Å². The fourth-order valence-corrected chi connectivity index (χ4v) is 0.926. The van der Waals surface area contributed by atoms with E-state index in [9.17, 15) is 4.79 Å². The van der Waals surface area contributed by atoms with E-state index in [1.54, 1.807) is 0 Å². The minimum Gasteiger partial charge on any atom is -0.466 e. The number of ether oxygens (including phenoxy) is 3. The first-order valence-corrected chi connectivity index (χ1v) is 5.34. The van der Waals surface area contributed by atoms with Crippen LogP contribution in [0.2, 0.25) is 0 Å². The number of aliphatic hydroxyl groups excluding tert-OH is 2. The maximum absolute atomic E-state index is 10.0. The second-order valence-electron chi connectivity index (χ2n) is 3.00. The Morgan fingerprint density at radius 2 is 1.62 bits per heavy atom. The highest BCUT2D eigenvalue weighted by molar-refractivity contribution is 5.70. The lowest BCUT2D eigenvalue weighted by molar-refractivity contribution is -0.137. The minimum absolute atomic E-state index is 0.0417. The zero-order chi connectivity index (χ0) is 12.1. The van der Waals surface area contributed by atoms with Crippen molar-refractivity contribution in [1.29, 1.82) is 0 Å². The fourth-order valence-electron chi connectivity index (χ4n) is 0.926. The van der Waals surface area contributed by atoms with Gasteiger partial charge in [-0.15, -0.1) is 0 Å². The summed E-state index contributed by atoms with van der Waals surface area (Å²) in [5, 5.41) is 16.5. The molecule has 16 heavy (non-hydrogen) atoms. The molecule has 1 heterocycles. The third kappa shape index (κ3) is 11.4. The van der Waals surface area contributed by atoms with Crippen molar-refractivity contribution in [3.05, 3.63) is 0 Å². The standard InChI is InChI=1S/C6H14O4.C4H6O2/c7-1-3-9-5-6-10-4-2-8;5-4-2-1-3-6-4/h7-8H,1-6H2;1-3H2. The van der Waals surface area contributed by atoms with Gasteiger partial charge in [0.1, 0.15) is 0 Å². The van der Waals surface area contributed by atoms with Crippen LogP contribution in [0.15, 0.2) is 0 Å². The molecule has 0 aromatic heterocycles. The van der Waals surface area contributed by atoms with Crippen molar-refractivity contribution in [1.82, 2.24) is 0 Å². The van der Waals surface area contributed by atoms with Crippen LogP contribution in [0, 0.1) is 0 Å². The highest BCUT2D eigenvalue weighted by atomic mass is 16.5. The molecule has 0 atom stereocenters. The summed E-state index contributed by atoms with van der Waals surface area (Å²) >= 11 is 0. The predicted molar refractivity (Wildman–Crippen MR) is 56.0 cm³/mol. The molecule has 1 fully saturated rings. The third-order valence-electron chi connectivity index (χ3n) is 1.63. The smallest absolute Gasteiger partial charge is 0.305 e. The third-order valence-corrected chi connectivity index (χ3v) is 1.63. The Bertz CT molecular complexity index is 145. The number of carbonyl (C=O) groups is 1. The lowest BCUT2D eigenvalue weighted by atomic mass is 10.4. The van der Waals surface area contributed by atoms with Gasteiger partial charge in [0.2, 0.25) is 0 Å². The molecule has 1 aliphatic heterocycles. The molecule has 0 amide bonds. The van der Waals surface area contributed by atoms with Gasteiger partial charge in [0, 0.05) is 6.42 Å². The van der Waals surface area contributed by atoms with Crippen molar-refractivity contribution < 1.29 is 29.2 Å². The van der Waals surface area contributed by atoms with Gasteiger partial charge in [-0.05, 0) is 6.42 Å². The summed E-state index contributed by atoms with van der Waals surface area (Å²) in [6, 6.07) is 0. The van der Waals surface area contributed by atoms with E-state index in [4.69, 9.17) is 19.7 Å². The molecule has 2 N–H and O–H groups in total. The number of hydrogen-bond acceptors (Lipinski definition) is 6. The maximum Gasteiger partial charge on any atom is 0.305 e. The molecule has 6 heteroatoms. The molecular formula is C10H20O6. The van der Waals surface area contributed by atoms with E-state index in [2.05, 4.69) is 4.74 Å². The zero-order valence-corrected chi connectivity index (χ0v) is 9.39. The van der Waals surface area contributed by atoms with Crippen molar-refractivity contribution in [2.24, 2.45) is 0 Å². The summed E-state index contributed by atoms with van der Waals surface area (Å²) in [5.41, 5.74) is 0. The lowest BCUT2D eigenvalue weighted by Gasteiger charge is -2.01. The fraction of sp³-hybridized carbons (Fsp3) is 0.900. The number of aliphatic hydroxyl groups is 2. The summed E-state index contributed by atoms with van der Waals surface area (Å²) in [6.07, 6.45) is 1.54. The van der Waals surface area contributed by atoms with Gasteiger partial charge in [-0.1, -0.05) is 0 Å². The molecule has 1 saturated heterocycles. The highest BCUT2D eigenvalue weighted by Crippen LogP contribution is 2.01. The molecule has 6 nitrogen and oxygen atoms in total. The Morgan fingerprint density at radius 1 is 1.06 bits per heavy atom. The molecule has 0 aromatic carbocycles. The average molecular weight is 236 g/mol. The Morgan fingerprint density at radius 3 is 1.88 bits per heavy atom. The Kier molecular flexibility index (Phi) is 11.8. The molecule has 1 aliphatic rings. The number of cyclic esters (lactones) is 1. The predicted octanol–water partition coefficient (Wildman–Crippen LogP) is -0.672. The summed E-state index contributed by atoms with van der Waals surface area (Å²) < 4.78 is 14.3. The molecule has 96 valence electrons. The lowest BCUT2D eigenvalue weighted by Crippen LogP contribution is -2.09. The van der Waals surface area contributed by atoms with Gasteiger partial charge in [0.05, 0.1) is 46.2 Å². The largest absolute Gasteiger partial charge is 0.466 e. The Hall–Kier alpha value is -0.690.